The van der Waals surface area contributed by atoms with Crippen LogP contribution >= 0.6 is 0 Å². The van der Waals surface area contributed by atoms with Gasteiger partial charge < -0.3 is 4.57 Å². The first-order chi connectivity index (χ1) is 13.4. The molecule has 2 heterocycles. The van der Waals surface area contributed by atoms with E-state index < -0.39 is 0 Å². The maximum absolute atomic E-state index is 12.1. The number of nitrogens with zero attached hydrogens (tertiary/aromatic N) is 6. The minimum Gasteiger partial charge on any atom is -0.348 e. The van der Waals surface area contributed by atoms with Gasteiger partial charge in [-0.1, -0.05) is 44.2 Å². The summed E-state index contributed by atoms with van der Waals surface area (Å²) in [5, 5.41) is 16.2. The smallest absolute Gasteiger partial charge is 0.263 e. The molecule has 0 radical (unpaired) electrons. The van der Waals surface area contributed by atoms with Gasteiger partial charge in [0.2, 0.25) is 5.82 Å². The van der Waals surface area contributed by atoms with E-state index in [9.17, 15) is 4.79 Å². The number of benzene rings is 1. The maximum Gasteiger partial charge on any atom is 0.263 e. The number of hydrogen-bond acceptors (Lipinski definition) is 5. The third kappa shape index (κ3) is 4.70. The normalized spacial score (nSPS) is 11.5. The zero-order chi connectivity index (χ0) is 20.1. The van der Waals surface area contributed by atoms with E-state index in [2.05, 4.69) is 64.3 Å². The third-order valence-electron chi connectivity index (χ3n) is 4.32. The average Bonchev–Trinajstić information content (AvgIpc) is 3.22. The molecule has 28 heavy (non-hydrogen) atoms. The molecule has 0 atom stereocenters. The van der Waals surface area contributed by atoms with Gasteiger partial charge >= 0.3 is 0 Å². The minimum atomic E-state index is -0.316. The van der Waals surface area contributed by atoms with E-state index in [1.165, 1.54) is 10.5 Å². The summed E-state index contributed by atoms with van der Waals surface area (Å²) in [6, 6.07) is 11.6. The number of aryl methyl sites for hydroxylation is 1. The number of amides is 1. The summed E-state index contributed by atoms with van der Waals surface area (Å²) in [6.45, 7) is 9.42. The van der Waals surface area contributed by atoms with Gasteiger partial charge in [0.25, 0.3) is 5.91 Å². The molecule has 8 heteroatoms. The molecule has 0 unspecified atom stereocenters. The van der Waals surface area contributed by atoms with Crippen LogP contribution in [0, 0.1) is 19.8 Å². The molecule has 0 bridgehead atoms. The Bertz CT molecular complexity index is 970. The SMILES string of the molecule is Cc1cc(/C=N\NC(=O)Cn2nnc(-c3ccccc3)n2)c(C)n1CC(C)C. The molecular formula is C20H25N7O. The zero-order valence-electron chi connectivity index (χ0n) is 16.6. The van der Waals surface area contributed by atoms with E-state index in [-0.39, 0.29) is 12.5 Å². The lowest BCUT2D eigenvalue weighted by molar-refractivity contribution is -0.122. The van der Waals surface area contributed by atoms with Crippen molar-refractivity contribution in [3.05, 3.63) is 53.3 Å². The van der Waals surface area contributed by atoms with Gasteiger partial charge in [0.1, 0.15) is 6.54 Å². The molecule has 146 valence electrons. The Labute approximate surface area is 164 Å². The number of tetrazole rings is 1. The zero-order valence-corrected chi connectivity index (χ0v) is 16.6. The number of rotatable bonds is 7. The van der Waals surface area contributed by atoms with E-state index in [0.717, 1.165) is 23.4 Å². The summed E-state index contributed by atoms with van der Waals surface area (Å²) in [7, 11) is 0. The molecule has 0 fully saturated rings. The summed E-state index contributed by atoms with van der Waals surface area (Å²) >= 11 is 0. The van der Waals surface area contributed by atoms with Gasteiger partial charge in [0.15, 0.2) is 0 Å². The van der Waals surface area contributed by atoms with Crippen molar-refractivity contribution in [3.63, 3.8) is 0 Å². The lowest BCUT2D eigenvalue weighted by atomic mass is 10.2. The number of carbonyl (C=O) groups excluding carboxylic acids is 1. The van der Waals surface area contributed by atoms with Gasteiger partial charge in [0, 0.05) is 29.1 Å². The first-order valence-electron chi connectivity index (χ1n) is 9.26. The first kappa shape index (κ1) is 19.5. The van der Waals surface area contributed by atoms with Crippen molar-refractivity contribution in [2.24, 2.45) is 11.0 Å². The van der Waals surface area contributed by atoms with Crippen molar-refractivity contribution in [3.8, 4) is 11.4 Å². The van der Waals surface area contributed by atoms with Crippen molar-refractivity contribution in [2.45, 2.75) is 40.8 Å². The second-order valence-electron chi connectivity index (χ2n) is 7.13. The largest absolute Gasteiger partial charge is 0.348 e. The summed E-state index contributed by atoms with van der Waals surface area (Å²) in [5.41, 5.74) is 6.67. The van der Waals surface area contributed by atoms with Crippen LogP contribution in [-0.2, 0) is 17.9 Å². The van der Waals surface area contributed by atoms with Crippen molar-refractivity contribution in [2.75, 3.05) is 0 Å². The highest BCUT2D eigenvalue weighted by Gasteiger charge is 2.10. The number of hydrazone groups is 1. The van der Waals surface area contributed by atoms with Gasteiger partial charge in [-0.15, -0.1) is 10.2 Å². The van der Waals surface area contributed by atoms with E-state index >= 15 is 0 Å². The Morgan fingerprint density at radius 3 is 2.71 bits per heavy atom. The molecule has 0 aliphatic carbocycles. The Hall–Kier alpha value is -3.29. The van der Waals surface area contributed by atoms with Gasteiger partial charge in [-0.3, -0.25) is 4.79 Å². The monoisotopic (exact) mass is 379 g/mol. The number of hydrogen-bond donors (Lipinski definition) is 1. The Balaban J connectivity index is 1.58. The summed E-state index contributed by atoms with van der Waals surface area (Å²) < 4.78 is 2.26. The molecule has 0 saturated carbocycles. The highest BCUT2D eigenvalue weighted by molar-refractivity contribution is 5.83. The predicted octanol–water partition coefficient (Wildman–Crippen LogP) is 2.56. The standard InChI is InChI=1S/C20H25N7O/c1-14(2)12-26-15(3)10-18(16(26)4)11-21-22-19(28)13-27-24-20(23-25-27)17-8-6-5-7-9-17/h5-11,14H,12-13H2,1-4H3,(H,22,28)/b21-11-. The molecule has 0 saturated heterocycles. The van der Waals surface area contributed by atoms with Crippen molar-refractivity contribution < 1.29 is 4.79 Å². The Kier molecular flexibility index (Phi) is 5.98. The van der Waals surface area contributed by atoms with Crippen LogP contribution in [0.5, 0.6) is 0 Å². The first-order valence-corrected chi connectivity index (χ1v) is 9.26. The molecule has 2 aromatic heterocycles. The maximum atomic E-state index is 12.1. The molecule has 1 aromatic carbocycles. The van der Waals surface area contributed by atoms with Crippen molar-refractivity contribution in [1.29, 1.82) is 0 Å². The van der Waals surface area contributed by atoms with Gasteiger partial charge in [-0.25, -0.2) is 5.43 Å². The molecule has 1 amide bonds. The van der Waals surface area contributed by atoms with Crippen LogP contribution in [0.4, 0.5) is 0 Å². The van der Waals surface area contributed by atoms with E-state index in [1.807, 2.05) is 30.3 Å². The van der Waals surface area contributed by atoms with Crippen LogP contribution < -0.4 is 5.43 Å². The van der Waals surface area contributed by atoms with Gasteiger partial charge in [-0.05, 0) is 31.0 Å². The summed E-state index contributed by atoms with van der Waals surface area (Å²) in [5.74, 6) is 0.726. The molecular weight excluding hydrogens is 354 g/mol. The second kappa shape index (κ2) is 8.60. The molecule has 0 aliphatic rings. The molecule has 3 aromatic rings. The van der Waals surface area contributed by atoms with Crippen LogP contribution in [0.1, 0.15) is 30.8 Å². The average molecular weight is 379 g/mol. The highest BCUT2D eigenvalue weighted by atomic mass is 16.2. The minimum absolute atomic E-state index is 0.0520. The van der Waals surface area contributed by atoms with Crippen LogP contribution in [0.3, 0.4) is 0 Å². The van der Waals surface area contributed by atoms with Crippen molar-refractivity contribution in [1.82, 2.24) is 30.2 Å². The van der Waals surface area contributed by atoms with Crippen LogP contribution in [-0.4, -0.2) is 36.9 Å². The predicted molar refractivity (Wildman–Crippen MR) is 108 cm³/mol. The lowest BCUT2D eigenvalue weighted by Gasteiger charge is -2.11. The van der Waals surface area contributed by atoms with Crippen LogP contribution in [0.25, 0.3) is 11.4 Å². The van der Waals surface area contributed by atoms with E-state index in [4.69, 9.17) is 0 Å². The van der Waals surface area contributed by atoms with Gasteiger partial charge in [0.05, 0.1) is 6.21 Å². The molecule has 1 N–H and O–H groups in total. The fourth-order valence-electron chi connectivity index (χ4n) is 2.96. The fourth-order valence-corrected chi connectivity index (χ4v) is 2.96. The number of aromatic nitrogens is 5. The van der Waals surface area contributed by atoms with E-state index in [1.54, 1.807) is 6.21 Å². The third-order valence-corrected chi connectivity index (χ3v) is 4.32. The lowest BCUT2D eigenvalue weighted by Crippen LogP contribution is -2.24. The number of carbonyl (C=O) groups is 1. The highest BCUT2D eigenvalue weighted by Crippen LogP contribution is 2.15. The van der Waals surface area contributed by atoms with Crippen molar-refractivity contribution >= 4 is 12.1 Å². The van der Waals surface area contributed by atoms with Gasteiger partial charge in [-0.2, -0.15) is 9.90 Å². The molecule has 3 rings (SSSR count). The topological polar surface area (TPSA) is 90.0 Å². The van der Waals surface area contributed by atoms with Crippen LogP contribution in [0.15, 0.2) is 41.5 Å². The second-order valence-corrected chi connectivity index (χ2v) is 7.13. The molecule has 8 nitrogen and oxygen atoms in total. The summed E-state index contributed by atoms with van der Waals surface area (Å²) in [6.07, 6.45) is 1.67. The summed E-state index contributed by atoms with van der Waals surface area (Å²) in [4.78, 5) is 13.3. The Morgan fingerprint density at radius 1 is 1.25 bits per heavy atom. The van der Waals surface area contributed by atoms with Crippen LogP contribution in [0.2, 0.25) is 0 Å². The fraction of sp³-hybridized carbons (Fsp3) is 0.350. The number of nitrogens with one attached hydrogen (secondary N) is 1. The quantitative estimate of drug-likeness (QED) is 0.505. The molecule has 0 aliphatic heterocycles. The molecule has 0 spiro atoms. The van der Waals surface area contributed by atoms with E-state index in [0.29, 0.717) is 11.7 Å². The Morgan fingerprint density at radius 2 is 2.00 bits per heavy atom.